The van der Waals surface area contributed by atoms with E-state index in [9.17, 15) is 105 Å². The number of hydrogen-bond acceptors (Lipinski definition) is 4. The first-order valence-corrected chi connectivity index (χ1v) is 15.2. The van der Waals surface area contributed by atoms with Crippen molar-refractivity contribution in [2.75, 3.05) is 27.4 Å². The Hall–Kier alpha value is -1.62. The van der Waals surface area contributed by atoms with E-state index in [0.29, 0.717) is 14.2 Å². The molecule has 0 saturated heterocycles. The molecule has 308 valence electrons. The monoisotopic (exact) mass is 836 g/mol. The van der Waals surface area contributed by atoms with Crippen molar-refractivity contribution in [3.63, 3.8) is 0 Å². The molecule has 0 aliphatic heterocycles. The van der Waals surface area contributed by atoms with Crippen molar-refractivity contribution in [2.24, 2.45) is 0 Å². The van der Waals surface area contributed by atoms with Crippen molar-refractivity contribution < 1.29 is 124 Å². The molecule has 0 atom stereocenters. The highest BCUT2D eigenvalue weighted by atomic mass is 28.4. The summed E-state index contributed by atoms with van der Waals surface area (Å²) in [5.74, 6) is -73.9. The van der Waals surface area contributed by atoms with Crippen LogP contribution in [0.2, 0.25) is 12.1 Å². The van der Waals surface area contributed by atoms with Crippen LogP contribution in [0.3, 0.4) is 0 Å². The third-order valence-electron chi connectivity index (χ3n) is 6.91. The lowest BCUT2D eigenvalue weighted by molar-refractivity contribution is -0.456. The van der Waals surface area contributed by atoms with Crippen LogP contribution in [0.5, 0.6) is 0 Å². The van der Waals surface area contributed by atoms with Crippen LogP contribution >= 0.6 is 0 Å². The van der Waals surface area contributed by atoms with Gasteiger partial charge in [-0.3, -0.25) is 0 Å². The van der Waals surface area contributed by atoms with Crippen LogP contribution in [0.15, 0.2) is 0 Å². The van der Waals surface area contributed by atoms with Crippen molar-refractivity contribution in [3.05, 3.63) is 0 Å². The highest BCUT2D eigenvalue weighted by Gasteiger charge is 2.91. The standard InChI is InChI=1S/C22H24F24O4Si/c1-11(23,24)13(27,28)15(31,32)17(35,36)19(39,40)21(43,44)49-7-5-9-51(47-3,48-4)10-6-8-50-22(45,46)20(41,42)18(37,38)16(33,34)14(29,30)12(2,25)26/h5-10H2,1-4H3. The summed E-state index contributed by atoms with van der Waals surface area (Å²) >= 11 is 0. The molecule has 0 aromatic rings. The van der Waals surface area contributed by atoms with Crippen molar-refractivity contribution in [3.8, 4) is 0 Å². The third-order valence-corrected chi connectivity index (χ3v) is 10.6. The van der Waals surface area contributed by atoms with Crippen LogP contribution < -0.4 is 0 Å². The minimum atomic E-state index is -7.94. The summed E-state index contributed by atoms with van der Waals surface area (Å²) in [6.45, 7) is -6.14. The van der Waals surface area contributed by atoms with Crippen LogP contribution in [-0.2, 0) is 18.3 Å². The summed E-state index contributed by atoms with van der Waals surface area (Å²) in [7, 11) is -2.84. The summed E-state index contributed by atoms with van der Waals surface area (Å²) in [5.41, 5.74) is 0. The normalized spacial score (nSPS) is 16.2. The molecule has 0 aromatic carbocycles. The first-order valence-electron chi connectivity index (χ1n) is 13.0. The van der Waals surface area contributed by atoms with E-state index in [4.69, 9.17) is 8.85 Å². The van der Waals surface area contributed by atoms with Gasteiger partial charge in [-0.1, -0.05) is 0 Å². The maximum Gasteiger partial charge on any atom is 0.426 e. The first-order chi connectivity index (χ1) is 22.0. The zero-order valence-corrected chi connectivity index (χ0v) is 26.4. The molecule has 0 heterocycles. The molecule has 0 amide bonds. The lowest BCUT2D eigenvalue weighted by Crippen LogP contribution is -2.70. The molecule has 0 aliphatic carbocycles. The van der Waals surface area contributed by atoms with E-state index in [1.165, 1.54) is 0 Å². The average molecular weight is 836 g/mol. The van der Waals surface area contributed by atoms with Gasteiger partial charge in [0.2, 0.25) is 0 Å². The molecule has 0 rings (SSSR count). The zero-order valence-electron chi connectivity index (χ0n) is 25.4. The summed E-state index contributed by atoms with van der Waals surface area (Å²) in [4.78, 5) is 0. The molecular weight excluding hydrogens is 812 g/mol. The van der Waals surface area contributed by atoms with Crippen molar-refractivity contribution in [1.29, 1.82) is 0 Å². The number of hydrogen-bond donors (Lipinski definition) is 0. The van der Waals surface area contributed by atoms with Gasteiger partial charge in [0.25, 0.3) is 0 Å². The second-order valence-electron chi connectivity index (χ2n) is 10.6. The van der Waals surface area contributed by atoms with E-state index in [1.54, 1.807) is 0 Å². The van der Waals surface area contributed by atoms with Gasteiger partial charge < -0.3 is 18.3 Å². The van der Waals surface area contributed by atoms with Crippen LogP contribution in [0, 0.1) is 0 Å². The second kappa shape index (κ2) is 14.6. The molecule has 0 bridgehead atoms. The molecule has 0 aliphatic rings. The van der Waals surface area contributed by atoms with E-state index < -0.39 is 132 Å². The zero-order chi connectivity index (χ0) is 41.6. The summed E-state index contributed by atoms with van der Waals surface area (Å²) < 4.78 is 339. The lowest BCUT2D eigenvalue weighted by atomic mass is 9.94. The van der Waals surface area contributed by atoms with Crippen molar-refractivity contribution in [2.45, 2.75) is 110 Å². The highest BCUT2D eigenvalue weighted by Crippen LogP contribution is 2.61. The van der Waals surface area contributed by atoms with Gasteiger partial charge in [0.1, 0.15) is 0 Å². The minimum absolute atomic E-state index is 0.668. The van der Waals surface area contributed by atoms with Crippen molar-refractivity contribution in [1.82, 2.24) is 0 Å². The van der Waals surface area contributed by atoms with Gasteiger partial charge in [-0.25, -0.2) is 0 Å². The van der Waals surface area contributed by atoms with Crippen LogP contribution in [0.1, 0.15) is 26.7 Å². The van der Waals surface area contributed by atoms with Gasteiger partial charge in [-0.2, -0.15) is 105 Å². The van der Waals surface area contributed by atoms with Crippen LogP contribution in [0.25, 0.3) is 0 Å². The Bertz CT molecular complexity index is 1060. The predicted octanol–water partition coefficient (Wildman–Crippen LogP) is 10.1. The molecule has 4 nitrogen and oxygen atoms in total. The molecule has 0 spiro atoms. The second-order valence-corrected chi connectivity index (χ2v) is 14.3. The molecule has 0 N–H and O–H groups in total. The van der Waals surface area contributed by atoms with Gasteiger partial charge in [0, 0.05) is 28.1 Å². The van der Waals surface area contributed by atoms with Gasteiger partial charge in [-0.15, -0.1) is 0 Å². The SMILES string of the molecule is CO[Si](CCCOC(F)(F)C(F)(F)C(F)(F)C(F)(F)C(F)(F)C(C)(F)F)(CCCOC(F)(F)C(F)(F)C(F)(F)C(F)(F)C(F)(F)C(C)(F)F)OC. The molecule has 0 unspecified atom stereocenters. The molecule has 29 heteroatoms. The number of halogens is 24. The number of ether oxygens (including phenoxy) is 2. The Morgan fingerprint density at radius 3 is 0.765 bits per heavy atom. The summed E-state index contributed by atoms with van der Waals surface area (Å²) in [6, 6.07) is -1.88. The average Bonchev–Trinajstić information content (AvgIpc) is 2.94. The van der Waals surface area contributed by atoms with E-state index >= 15 is 0 Å². The number of alkyl halides is 24. The Labute approximate surface area is 270 Å². The topological polar surface area (TPSA) is 36.9 Å². The Balaban J connectivity index is 5.74. The van der Waals surface area contributed by atoms with Gasteiger partial charge in [0.05, 0.1) is 13.2 Å². The highest BCUT2D eigenvalue weighted by molar-refractivity contribution is 6.67. The fourth-order valence-electron chi connectivity index (χ4n) is 3.59. The van der Waals surface area contributed by atoms with Crippen molar-refractivity contribution >= 4 is 8.56 Å². The Morgan fingerprint density at radius 1 is 0.353 bits per heavy atom. The fourth-order valence-corrected chi connectivity index (χ4v) is 6.19. The van der Waals surface area contributed by atoms with Gasteiger partial charge >= 0.3 is 80.0 Å². The Kier molecular flexibility index (Phi) is 14.1. The fraction of sp³-hybridized carbons (Fsp3) is 1.00. The minimum Gasteiger partial charge on any atom is -0.398 e. The molecule has 0 fully saturated rings. The maximum atomic E-state index is 13.8. The van der Waals surface area contributed by atoms with Crippen LogP contribution in [0.4, 0.5) is 105 Å². The smallest absolute Gasteiger partial charge is 0.398 e. The first kappa shape index (κ1) is 49.4. The molecular formula is C22H24F24O4Si. The lowest BCUT2D eigenvalue weighted by Gasteiger charge is -2.40. The maximum absolute atomic E-state index is 13.8. The Morgan fingerprint density at radius 2 is 0.569 bits per heavy atom. The molecule has 0 aromatic heterocycles. The van der Waals surface area contributed by atoms with Crippen LogP contribution in [-0.4, -0.2) is 107 Å². The van der Waals surface area contributed by atoms with E-state index in [-0.39, 0.29) is 0 Å². The summed E-state index contributed by atoms with van der Waals surface area (Å²) in [6.07, 6.45) is -16.0. The summed E-state index contributed by atoms with van der Waals surface area (Å²) in [5, 5.41) is 0. The molecule has 0 saturated carbocycles. The van der Waals surface area contributed by atoms with E-state index in [1.807, 2.05) is 0 Å². The van der Waals surface area contributed by atoms with E-state index in [0.717, 1.165) is 0 Å². The van der Waals surface area contributed by atoms with Gasteiger partial charge in [-0.05, 0) is 24.9 Å². The molecule has 0 radical (unpaired) electrons. The van der Waals surface area contributed by atoms with Gasteiger partial charge in [0.15, 0.2) is 0 Å². The predicted molar refractivity (Wildman–Crippen MR) is 121 cm³/mol. The molecule has 51 heavy (non-hydrogen) atoms. The largest absolute Gasteiger partial charge is 0.426 e. The third kappa shape index (κ3) is 8.24. The van der Waals surface area contributed by atoms with E-state index in [2.05, 4.69) is 9.47 Å². The quantitative estimate of drug-likeness (QED) is 0.0619. The number of rotatable bonds is 22.